The molecule has 4 rings (SSSR count). The highest BCUT2D eigenvalue weighted by atomic mass is 32.2. The summed E-state index contributed by atoms with van der Waals surface area (Å²) in [5, 5.41) is -0.961. The molecule has 0 N–H and O–H groups in total. The summed E-state index contributed by atoms with van der Waals surface area (Å²) in [6, 6.07) is 11.3. The Morgan fingerprint density at radius 2 is 1.90 bits per heavy atom. The highest BCUT2D eigenvalue weighted by Gasteiger charge is 2.41. The monoisotopic (exact) mass is 464 g/mol. The summed E-state index contributed by atoms with van der Waals surface area (Å²) in [7, 11) is -1.26. The maximum atomic E-state index is 13.3. The molecule has 0 saturated heterocycles. The molecule has 7 nitrogen and oxygen atoms in total. The van der Waals surface area contributed by atoms with Crippen LogP contribution in [0.5, 0.6) is 11.5 Å². The van der Waals surface area contributed by atoms with Crippen molar-refractivity contribution < 1.29 is 26.9 Å². The quantitative estimate of drug-likeness (QED) is 0.323. The molecule has 30 heavy (non-hydrogen) atoms. The molecule has 0 amide bonds. The molecule has 0 spiro atoms. The summed E-state index contributed by atoms with van der Waals surface area (Å²) in [5.41, 5.74) is 0.559. The summed E-state index contributed by atoms with van der Waals surface area (Å²) >= 11 is 1.92. The van der Waals surface area contributed by atoms with Crippen LogP contribution in [0.1, 0.15) is 5.56 Å². The molecule has 1 aromatic heterocycles. The average Bonchev–Trinajstić information content (AvgIpc) is 2.72. The van der Waals surface area contributed by atoms with Gasteiger partial charge in [-0.3, -0.25) is 9.59 Å². The van der Waals surface area contributed by atoms with Crippen molar-refractivity contribution in [2.24, 2.45) is 0 Å². The molecule has 1 unspecified atom stereocenters. The lowest BCUT2D eigenvalue weighted by Crippen LogP contribution is -2.40. The lowest BCUT2D eigenvalue weighted by atomic mass is 10.1. The Hall–Kier alpha value is -2.40. The Labute approximate surface area is 180 Å². The van der Waals surface area contributed by atoms with Crippen molar-refractivity contribution in [2.75, 3.05) is 14.2 Å². The number of fused-ring (bicyclic) bond motifs is 2. The normalized spacial score (nSPS) is 16.2. The first-order valence-electron chi connectivity index (χ1n) is 8.74. The van der Waals surface area contributed by atoms with Gasteiger partial charge in [0.1, 0.15) is 16.4 Å². The molecular weight excluding hydrogens is 448 g/mol. The fourth-order valence-corrected chi connectivity index (χ4v) is 6.46. The fraction of sp³-hybridized carbons (Fsp3) is 0.200. The third-order valence-electron chi connectivity index (χ3n) is 4.68. The van der Waals surface area contributed by atoms with Gasteiger partial charge in [0.25, 0.3) is 4.74 Å². The number of benzene rings is 2. The van der Waals surface area contributed by atoms with Crippen LogP contribution in [0, 0.1) is 0 Å². The van der Waals surface area contributed by atoms with Crippen molar-refractivity contribution in [2.45, 2.75) is 21.5 Å². The van der Waals surface area contributed by atoms with E-state index in [9.17, 15) is 18.0 Å². The molecule has 10 heteroatoms. The number of hydrogen-bond donors (Lipinski definition) is 0. The topological polar surface area (TPSA) is 96.0 Å². The van der Waals surface area contributed by atoms with Gasteiger partial charge in [0.15, 0.2) is 15.1 Å². The van der Waals surface area contributed by atoms with Gasteiger partial charge < -0.3 is 13.7 Å². The van der Waals surface area contributed by atoms with Gasteiger partial charge in [-0.15, -0.1) is 0 Å². The zero-order valence-electron chi connectivity index (χ0n) is 15.9. The van der Waals surface area contributed by atoms with Crippen LogP contribution < -0.4 is 14.2 Å². The predicted octanol–water partition coefficient (Wildman–Crippen LogP) is 3.23. The Kier molecular flexibility index (Phi) is 5.58. The van der Waals surface area contributed by atoms with Crippen LogP contribution in [-0.4, -0.2) is 33.9 Å². The summed E-state index contributed by atoms with van der Waals surface area (Å²) in [4.78, 5) is 25.4. The van der Waals surface area contributed by atoms with Crippen LogP contribution in [0.2, 0.25) is 0 Å². The molecule has 0 saturated carbocycles. The van der Waals surface area contributed by atoms with Crippen LogP contribution in [0.15, 0.2) is 57.1 Å². The van der Waals surface area contributed by atoms with E-state index in [1.807, 2.05) is 0 Å². The van der Waals surface area contributed by atoms with Gasteiger partial charge in [0.2, 0.25) is 0 Å². The maximum Gasteiger partial charge on any atom is 0.330 e. The summed E-state index contributed by atoms with van der Waals surface area (Å²) in [5.74, 6) is -0.0593. The maximum absolute atomic E-state index is 13.3. The van der Waals surface area contributed by atoms with Gasteiger partial charge in [-0.1, -0.05) is 11.3 Å². The standard InChI is InChI=1S/C20H16O7S3/c1-25-13-3-6-16-12(7-13)10-18(20(22)28-16)30(23,24)17-9-11-8-14(29-26-2)4-5-15(11)27-19(17)21/h3-8,10,17H,9H2,1-2H3. The largest absolute Gasteiger partial charge is 0.497 e. The summed E-state index contributed by atoms with van der Waals surface area (Å²) < 4.78 is 42.0. The molecular formula is C20H16O7S3. The van der Waals surface area contributed by atoms with Crippen molar-refractivity contribution in [1.29, 1.82) is 0 Å². The first kappa shape index (κ1) is 20.9. The molecule has 0 bridgehead atoms. The van der Waals surface area contributed by atoms with Gasteiger partial charge in [-0.2, -0.15) is 0 Å². The van der Waals surface area contributed by atoms with E-state index in [-0.39, 0.29) is 6.42 Å². The minimum atomic E-state index is -4.28. The first-order valence-corrected chi connectivity index (χ1v) is 11.8. The lowest BCUT2D eigenvalue weighted by Gasteiger charge is -2.23. The minimum Gasteiger partial charge on any atom is -0.497 e. The summed E-state index contributed by atoms with van der Waals surface area (Å²) in [6.45, 7) is 0. The van der Waals surface area contributed by atoms with Crippen molar-refractivity contribution in [3.05, 3.63) is 57.6 Å². The predicted molar refractivity (Wildman–Crippen MR) is 114 cm³/mol. The van der Waals surface area contributed by atoms with Gasteiger partial charge in [-0.05, 0) is 53.4 Å². The number of ether oxygens (including phenoxy) is 2. The Morgan fingerprint density at radius 3 is 2.63 bits per heavy atom. The smallest absolute Gasteiger partial charge is 0.330 e. The molecule has 0 radical (unpaired) electrons. The van der Waals surface area contributed by atoms with E-state index in [1.165, 1.54) is 20.3 Å². The molecule has 2 aromatic carbocycles. The highest BCUT2D eigenvalue weighted by molar-refractivity contribution is 7.94. The first-order chi connectivity index (χ1) is 14.3. The van der Waals surface area contributed by atoms with Crippen molar-refractivity contribution in [1.82, 2.24) is 0 Å². The molecule has 0 aliphatic carbocycles. The highest BCUT2D eigenvalue weighted by Crippen LogP contribution is 2.34. The molecule has 1 aliphatic heterocycles. The van der Waals surface area contributed by atoms with Gasteiger partial charge in [0.05, 0.1) is 14.2 Å². The van der Waals surface area contributed by atoms with Crippen LogP contribution in [-0.2, 0) is 25.2 Å². The fourth-order valence-electron chi connectivity index (χ4n) is 3.22. The number of hydrogen-bond acceptors (Lipinski definition) is 9. The second-order valence-electron chi connectivity index (χ2n) is 6.48. The number of methoxy groups -OCH3 is 1. The number of esters is 1. The van der Waals surface area contributed by atoms with E-state index >= 15 is 0 Å². The minimum absolute atomic E-state index is 0.0884. The van der Waals surface area contributed by atoms with Crippen molar-refractivity contribution in [3.63, 3.8) is 0 Å². The SMILES string of the molecule is COSc1ccc2c(c1)CC(S(=O)(=O)c1cc3cc(OC)ccc3sc1=O)C(=O)O2. The van der Waals surface area contributed by atoms with E-state index in [0.717, 1.165) is 28.3 Å². The van der Waals surface area contributed by atoms with Crippen LogP contribution in [0.3, 0.4) is 0 Å². The van der Waals surface area contributed by atoms with Gasteiger partial charge in [0, 0.05) is 28.1 Å². The number of carbonyl (C=O) groups excluding carboxylic acids is 1. The lowest BCUT2D eigenvalue weighted by molar-refractivity contribution is -0.134. The zero-order chi connectivity index (χ0) is 21.5. The molecule has 1 atom stereocenters. The average molecular weight is 465 g/mol. The third kappa shape index (κ3) is 3.71. The molecule has 3 aromatic rings. The van der Waals surface area contributed by atoms with Crippen LogP contribution >= 0.6 is 23.4 Å². The third-order valence-corrected chi connectivity index (χ3v) is 8.44. The Balaban J connectivity index is 1.78. The number of sulfone groups is 1. The van der Waals surface area contributed by atoms with E-state index in [1.54, 1.807) is 36.4 Å². The van der Waals surface area contributed by atoms with E-state index in [0.29, 0.717) is 27.1 Å². The number of carbonyl (C=O) groups is 1. The molecule has 0 fully saturated rings. The van der Waals surface area contributed by atoms with Gasteiger partial charge >= 0.3 is 5.97 Å². The molecule has 156 valence electrons. The van der Waals surface area contributed by atoms with Crippen LogP contribution in [0.4, 0.5) is 0 Å². The Bertz CT molecular complexity index is 1310. The molecule has 2 heterocycles. The second kappa shape index (κ2) is 8.03. The van der Waals surface area contributed by atoms with Gasteiger partial charge in [-0.25, -0.2) is 8.42 Å². The van der Waals surface area contributed by atoms with Crippen molar-refractivity contribution >= 4 is 49.3 Å². The zero-order valence-corrected chi connectivity index (χ0v) is 18.4. The van der Waals surface area contributed by atoms with E-state index in [4.69, 9.17) is 13.7 Å². The van der Waals surface area contributed by atoms with E-state index in [2.05, 4.69) is 0 Å². The molecule has 1 aliphatic rings. The number of rotatable bonds is 5. The van der Waals surface area contributed by atoms with Crippen LogP contribution in [0.25, 0.3) is 10.1 Å². The Morgan fingerprint density at radius 1 is 1.10 bits per heavy atom. The van der Waals surface area contributed by atoms with Crippen molar-refractivity contribution in [3.8, 4) is 11.5 Å². The van der Waals surface area contributed by atoms with E-state index < -0.39 is 30.7 Å². The second-order valence-corrected chi connectivity index (χ2v) is 10.6. The summed E-state index contributed by atoms with van der Waals surface area (Å²) in [6.07, 6.45) is -0.0884.